The largest absolute Gasteiger partial charge is 0.370 e. The highest BCUT2D eigenvalue weighted by Crippen LogP contribution is 2.35. The Labute approximate surface area is 145 Å². The molecule has 124 valence electrons. The standard InChI is InChI=1S/C22H26N2/c1-4-15-24(16-5-2)22-17(3)23-21(18-11-7-6-8-12-18)19-13-9-10-14-20(19)22/h6-14H,4-5,15-16H2,1-3H3. The summed E-state index contributed by atoms with van der Waals surface area (Å²) >= 11 is 0. The van der Waals surface area contributed by atoms with Crippen LogP contribution in [0, 0.1) is 6.92 Å². The molecule has 0 aliphatic carbocycles. The van der Waals surface area contributed by atoms with Crippen LogP contribution in [0.5, 0.6) is 0 Å². The summed E-state index contributed by atoms with van der Waals surface area (Å²) in [5.41, 5.74) is 4.68. The van der Waals surface area contributed by atoms with Crippen LogP contribution in [0.4, 0.5) is 5.69 Å². The van der Waals surface area contributed by atoms with Gasteiger partial charge in [-0.05, 0) is 19.8 Å². The van der Waals surface area contributed by atoms with Crippen LogP contribution in [0.25, 0.3) is 22.0 Å². The number of hydrogen-bond acceptors (Lipinski definition) is 2. The Morgan fingerprint density at radius 2 is 1.38 bits per heavy atom. The first-order valence-electron chi connectivity index (χ1n) is 8.96. The van der Waals surface area contributed by atoms with Crippen LogP contribution >= 0.6 is 0 Å². The fourth-order valence-corrected chi connectivity index (χ4v) is 3.46. The third-order valence-electron chi connectivity index (χ3n) is 4.41. The molecule has 2 aromatic carbocycles. The minimum atomic E-state index is 1.07. The van der Waals surface area contributed by atoms with E-state index in [2.05, 4.69) is 80.3 Å². The van der Waals surface area contributed by atoms with Crippen molar-refractivity contribution >= 4 is 16.5 Å². The molecule has 2 heteroatoms. The second-order valence-electron chi connectivity index (χ2n) is 6.29. The van der Waals surface area contributed by atoms with E-state index in [4.69, 9.17) is 4.98 Å². The van der Waals surface area contributed by atoms with Crippen molar-refractivity contribution < 1.29 is 0 Å². The van der Waals surface area contributed by atoms with E-state index in [0.29, 0.717) is 0 Å². The quantitative estimate of drug-likeness (QED) is 0.568. The summed E-state index contributed by atoms with van der Waals surface area (Å²) in [6, 6.07) is 19.2. The molecule has 2 nitrogen and oxygen atoms in total. The normalized spacial score (nSPS) is 11.0. The zero-order chi connectivity index (χ0) is 16.9. The van der Waals surface area contributed by atoms with Crippen LogP contribution in [-0.4, -0.2) is 18.1 Å². The van der Waals surface area contributed by atoms with Crippen LogP contribution in [-0.2, 0) is 0 Å². The van der Waals surface area contributed by atoms with E-state index in [1.807, 2.05) is 0 Å². The van der Waals surface area contributed by atoms with E-state index in [0.717, 1.165) is 37.3 Å². The highest BCUT2D eigenvalue weighted by molar-refractivity contribution is 6.02. The lowest BCUT2D eigenvalue weighted by molar-refractivity contribution is 0.743. The Bertz CT molecular complexity index is 803. The van der Waals surface area contributed by atoms with Crippen LogP contribution in [0.15, 0.2) is 54.6 Å². The maximum Gasteiger partial charge on any atom is 0.0785 e. The molecule has 0 atom stereocenters. The van der Waals surface area contributed by atoms with Gasteiger partial charge in [0.1, 0.15) is 0 Å². The van der Waals surface area contributed by atoms with Gasteiger partial charge < -0.3 is 4.90 Å². The van der Waals surface area contributed by atoms with Gasteiger partial charge in [-0.2, -0.15) is 0 Å². The van der Waals surface area contributed by atoms with Crippen molar-refractivity contribution in [1.29, 1.82) is 0 Å². The minimum Gasteiger partial charge on any atom is -0.370 e. The molecule has 0 radical (unpaired) electrons. The third-order valence-corrected chi connectivity index (χ3v) is 4.41. The van der Waals surface area contributed by atoms with Crippen molar-refractivity contribution in [1.82, 2.24) is 4.98 Å². The molecule has 0 aliphatic rings. The van der Waals surface area contributed by atoms with Crippen LogP contribution in [0.2, 0.25) is 0 Å². The van der Waals surface area contributed by atoms with Gasteiger partial charge in [-0.15, -0.1) is 0 Å². The van der Waals surface area contributed by atoms with Crippen molar-refractivity contribution in [3.8, 4) is 11.3 Å². The lowest BCUT2D eigenvalue weighted by Crippen LogP contribution is -2.26. The summed E-state index contributed by atoms with van der Waals surface area (Å²) in [5, 5.41) is 2.55. The molecule has 0 aliphatic heterocycles. The second-order valence-corrected chi connectivity index (χ2v) is 6.29. The Hall–Kier alpha value is -2.35. The average Bonchev–Trinajstić information content (AvgIpc) is 2.62. The number of anilines is 1. The van der Waals surface area contributed by atoms with E-state index in [1.54, 1.807) is 0 Å². The van der Waals surface area contributed by atoms with Gasteiger partial charge in [-0.3, -0.25) is 4.98 Å². The highest BCUT2D eigenvalue weighted by Gasteiger charge is 2.16. The van der Waals surface area contributed by atoms with Crippen molar-refractivity contribution in [3.05, 3.63) is 60.3 Å². The number of aryl methyl sites for hydroxylation is 1. The monoisotopic (exact) mass is 318 g/mol. The lowest BCUT2D eigenvalue weighted by Gasteiger charge is -2.27. The number of nitrogens with zero attached hydrogens (tertiary/aromatic N) is 2. The minimum absolute atomic E-state index is 1.07. The molecule has 0 amide bonds. The number of rotatable bonds is 6. The van der Waals surface area contributed by atoms with Gasteiger partial charge in [-0.1, -0.05) is 68.4 Å². The summed E-state index contributed by atoms with van der Waals surface area (Å²) in [4.78, 5) is 7.51. The first kappa shape index (κ1) is 16.5. The van der Waals surface area contributed by atoms with E-state index in [-0.39, 0.29) is 0 Å². The first-order valence-corrected chi connectivity index (χ1v) is 8.96. The van der Waals surface area contributed by atoms with Gasteiger partial charge in [0.15, 0.2) is 0 Å². The molecule has 0 N–H and O–H groups in total. The van der Waals surface area contributed by atoms with E-state index in [1.165, 1.54) is 22.0 Å². The molecule has 0 spiro atoms. The molecule has 0 unspecified atom stereocenters. The van der Waals surface area contributed by atoms with Gasteiger partial charge in [-0.25, -0.2) is 0 Å². The fraction of sp³-hybridized carbons (Fsp3) is 0.318. The Balaban J connectivity index is 2.24. The predicted molar refractivity (Wildman–Crippen MR) is 105 cm³/mol. The maximum atomic E-state index is 5.02. The van der Waals surface area contributed by atoms with Crippen molar-refractivity contribution in [2.45, 2.75) is 33.6 Å². The second kappa shape index (κ2) is 7.48. The molecule has 3 rings (SSSR count). The number of fused-ring (bicyclic) bond motifs is 1. The fourth-order valence-electron chi connectivity index (χ4n) is 3.46. The summed E-state index contributed by atoms with van der Waals surface area (Å²) in [5.74, 6) is 0. The topological polar surface area (TPSA) is 16.1 Å². The summed E-state index contributed by atoms with van der Waals surface area (Å²) in [6.07, 6.45) is 2.29. The summed E-state index contributed by atoms with van der Waals surface area (Å²) in [7, 11) is 0. The highest BCUT2D eigenvalue weighted by atomic mass is 15.1. The van der Waals surface area contributed by atoms with E-state index in [9.17, 15) is 0 Å². The molecule has 24 heavy (non-hydrogen) atoms. The molecule has 3 aromatic rings. The van der Waals surface area contributed by atoms with Crippen LogP contribution < -0.4 is 4.90 Å². The smallest absolute Gasteiger partial charge is 0.0785 e. The molecule has 1 aromatic heterocycles. The van der Waals surface area contributed by atoms with Gasteiger partial charge in [0, 0.05) is 29.4 Å². The number of pyridine rings is 1. The van der Waals surface area contributed by atoms with E-state index < -0.39 is 0 Å². The zero-order valence-corrected chi connectivity index (χ0v) is 14.9. The molecule has 0 saturated carbocycles. The van der Waals surface area contributed by atoms with Gasteiger partial charge in [0.2, 0.25) is 0 Å². The van der Waals surface area contributed by atoms with Crippen molar-refractivity contribution in [3.63, 3.8) is 0 Å². The molecule has 0 bridgehead atoms. The Morgan fingerprint density at radius 3 is 2.00 bits per heavy atom. The van der Waals surface area contributed by atoms with Crippen LogP contribution in [0.1, 0.15) is 32.4 Å². The Morgan fingerprint density at radius 1 is 0.792 bits per heavy atom. The lowest BCUT2D eigenvalue weighted by atomic mass is 10.0. The average molecular weight is 318 g/mol. The maximum absolute atomic E-state index is 5.02. The number of hydrogen-bond donors (Lipinski definition) is 0. The molecular formula is C22H26N2. The molecule has 0 saturated heterocycles. The van der Waals surface area contributed by atoms with Crippen molar-refractivity contribution in [2.75, 3.05) is 18.0 Å². The van der Waals surface area contributed by atoms with Gasteiger partial charge in [0.25, 0.3) is 0 Å². The number of aromatic nitrogens is 1. The first-order chi connectivity index (χ1) is 11.8. The summed E-state index contributed by atoms with van der Waals surface area (Å²) in [6.45, 7) is 8.78. The predicted octanol–water partition coefficient (Wildman–Crippen LogP) is 5.84. The Kier molecular flexibility index (Phi) is 5.14. The van der Waals surface area contributed by atoms with Gasteiger partial charge >= 0.3 is 0 Å². The van der Waals surface area contributed by atoms with Crippen LogP contribution in [0.3, 0.4) is 0 Å². The van der Waals surface area contributed by atoms with Gasteiger partial charge in [0.05, 0.1) is 17.1 Å². The molecule has 1 heterocycles. The SMILES string of the molecule is CCCN(CCC)c1c(C)nc(-c2ccccc2)c2ccccc12. The van der Waals surface area contributed by atoms with Crippen molar-refractivity contribution in [2.24, 2.45) is 0 Å². The summed E-state index contributed by atoms with van der Waals surface area (Å²) < 4.78 is 0. The number of benzene rings is 2. The third kappa shape index (κ3) is 3.14. The molecular weight excluding hydrogens is 292 g/mol. The zero-order valence-electron chi connectivity index (χ0n) is 14.9. The van der Waals surface area contributed by atoms with E-state index >= 15 is 0 Å². The molecule has 0 fully saturated rings.